The number of hydrogen-bond acceptors (Lipinski definition) is 4. The molecule has 4 N–H and O–H groups in total. The van der Waals surface area contributed by atoms with Crippen LogP contribution in [0.25, 0.3) is 0 Å². The fourth-order valence-corrected chi connectivity index (χ4v) is 4.06. The molecule has 158 valence electrons. The van der Waals surface area contributed by atoms with E-state index in [1.165, 1.54) is 0 Å². The highest BCUT2D eigenvalue weighted by Crippen LogP contribution is 2.38. The second-order valence-electron chi connectivity index (χ2n) is 8.88. The Kier molecular flexibility index (Phi) is 10.6. The first-order valence-electron chi connectivity index (χ1n) is 10.6. The molecule has 1 aliphatic rings. The van der Waals surface area contributed by atoms with Crippen LogP contribution in [-0.4, -0.2) is 44.7 Å². The summed E-state index contributed by atoms with van der Waals surface area (Å²) in [6.45, 7) is 6.26. The van der Waals surface area contributed by atoms with Gasteiger partial charge in [0, 0.05) is 18.8 Å². The van der Waals surface area contributed by atoms with Crippen molar-refractivity contribution in [2.24, 2.45) is 17.3 Å². The van der Waals surface area contributed by atoms with Crippen LogP contribution in [-0.2, 0) is 4.79 Å². The van der Waals surface area contributed by atoms with Gasteiger partial charge in [0.1, 0.15) is 0 Å². The number of aliphatic hydroxyl groups excluding tert-OH is 3. The Morgan fingerprint density at radius 3 is 2.41 bits per heavy atom. The molecule has 0 radical (unpaired) electrons. The molecule has 0 bridgehead atoms. The third-order valence-corrected chi connectivity index (χ3v) is 6.08. The summed E-state index contributed by atoms with van der Waals surface area (Å²) in [6.07, 6.45) is 10.0. The zero-order valence-electron chi connectivity index (χ0n) is 17.3. The first kappa shape index (κ1) is 24.1. The van der Waals surface area contributed by atoms with Gasteiger partial charge in [0.05, 0.1) is 18.3 Å². The highest BCUT2D eigenvalue weighted by Gasteiger charge is 2.40. The third-order valence-electron chi connectivity index (χ3n) is 6.08. The normalized spacial score (nSPS) is 27.3. The predicted molar refractivity (Wildman–Crippen MR) is 107 cm³/mol. The Labute approximate surface area is 164 Å². The van der Waals surface area contributed by atoms with Crippen LogP contribution in [0.5, 0.6) is 0 Å². The van der Waals surface area contributed by atoms with Crippen LogP contribution >= 0.6 is 0 Å². The summed E-state index contributed by atoms with van der Waals surface area (Å²) in [6, 6.07) is 0. The molecule has 0 spiro atoms. The van der Waals surface area contributed by atoms with E-state index in [1.807, 2.05) is 6.08 Å². The largest absolute Gasteiger partial charge is 0.481 e. The smallest absolute Gasteiger partial charge is 0.303 e. The van der Waals surface area contributed by atoms with Gasteiger partial charge in [-0.25, -0.2) is 0 Å². The summed E-state index contributed by atoms with van der Waals surface area (Å²) in [5.41, 5.74) is -0.200. The van der Waals surface area contributed by atoms with Crippen LogP contribution in [0.3, 0.4) is 0 Å². The Hall–Kier alpha value is -0.910. The van der Waals surface area contributed by atoms with Gasteiger partial charge in [-0.1, -0.05) is 65.0 Å². The van der Waals surface area contributed by atoms with Gasteiger partial charge in [0.25, 0.3) is 0 Å². The van der Waals surface area contributed by atoms with Crippen LogP contribution in [0.1, 0.15) is 85.0 Å². The van der Waals surface area contributed by atoms with E-state index in [2.05, 4.69) is 20.8 Å². The first-order valence-corrected chi connectivity index (χ1v) is 10.6. The maximum Gasteiger partial charge on any atom is 0.303 e. The fourth-order valence-electron chi connectivity index (χ4n) is 4.06. The molecule has 0 aromatic heterocycles. The minimum absolute atomic E-state index is 0.00155. The van der Waals surface area contributed by atoms with Gasteiger partial charge in [-0.15, -0.1) is 0 Å². The van der Waals surface area contributed by atoms with E-state index in [0.29, 0.717) is 12.8 Å². The standard InChI is InChI=1S/C22H40O5/c1-4-5-14-22(2,3)20(25)13-12-17-16(18(23)15-19(17)24)10-8-6-7-9-11-21(26)27/h12-13,16-20,23-25H,4-11,14-15H2,1-3H3,(H,26,27)/b13-12+/t16-,17-,18+,19-,20?/m1/s1. The van der Waals surface area contributed by atoms with Gasteiger partial charge in [-0.3, -0.25) is 4.79 Å². The van der Waals surface area contributed by atoms with Crippen LogP contribution in [0, 0.1) is 17.3 Å². The van der Waals surface area contributed by atoms with E-state index in [1.54, 1.807) is 6.08 Å². The summed E-state index contributed by atoms with van der Waals surface area (Å²) < 4.78 is 0. The second kappa shape index (κ2) is 11.8. The van der Waals surface area contributed by atoms with E-state index < -0.39 is 24.3 Å². The molecule has 0 aromatic carbocycles. The number of carboxylic acid groups (broad SMARTS) is 1. The molecule has 1 rings (SSSR count). The van der Waals surface area contributed by atoms with Crippen molar-refractivity contribution in [2.45, 2.75) is 103 Å². The number of carboxylic acids is 1. The van der Waals surface area contributed by atoms with Crippen LogP contribution < -0.4 is 0 Å². The van der Waals surface area contributed by atoms with Crippen LogP contribution in [0.15, 0.2) is 12.2 Å². The Morgan fingerprint density at radius 1 is 1.11 bits per heavy atom. The fraction of sp³-hybridized carbons (Fsp3) is 0.864. The van der Waals surface area contributed by atoms with Crippen molar-refractivity contribution in [2.75, 3.05) is 0 Å². The lowest BCUT2D eigenvalue weighted by Crippen LogP contribution is -2.28. The predicted octanol–water partition coefficient (Wildman–Crippen LogP) is 3.90. The Morgan fingerprint density at radius 2 is 1.78 bits per heavy atom. The summed E-state index contributed by atoms with van der Waals surface area (Å²) in [5, 5.41) is 39.8. The molecule has 1 aliphatic carbocycles. The highest BCUT2D eigenvalue weighted by atomic mass is 16.4. The molecule has 0 saturated heterocycles. The van der Waals surface area contributed by atoms with E-state index >= 15 is 0 Å². The molecule has 0 aromatic rings. The van der Waals surface area contributed by atoms with Gasteiger partial charge in [0.2, 0.25) is 0 Å². The minimum Gasteiger partial charge on any atom is -0.481 e. The monoisotopic (exact) mass is 384 g/mol. The second-order valence-corrected chi connectivity index (χ2v) is 8.88. The zero-order chi connectivity index (χ0) is 20.4. The molecular weight excluding hydrogens is 344 g/mol. The maximum absolute atomic E-state index is 10.5. The van der Waals surface area contributed by atoms with Crippen molar-refractivity contribution in [3.63, 3.8) is 0 Å². The Balaban J connectivity index is 2.53. The lowest BCUT2D eigenvalue weighted by molar-refractivity contribution is -0.137. The summed E-state index contributed by atoms with van der Waals surface area (Å²) in [7, 11) is 0. The summed E-state index contributed by atoms with van der Waals surface area (Å²) in [5.74, 6) is -0.882. The molecule has 1 saturated carbocycles. The summed E-state index contributed by atoms with van der Waals surface area (Å²) >= 11 is 0. The Bertz CT molecular complexity index is 460. The zero-order valence-corrected chi connectivity index (χ0v) is 17.3. The number of hydrogen-bond donors (Lipinski definition) is 4. The van der Waals surface area contributed by atoms with Crippen molar-refractivity contribution in [3.8, 4) is 0 Å². The molecule has 1 fully saturated rings. The van der Waals surface area contributed by atoms with Gasteiger partial charge in [-0.2, -0.15) is 0 Å². The third kappa shape index (κ3) is 8.32. The molecule has 0 heterocycles. The van der Waals surface area contributed by atoms with E-state index in [4.69, 9.17) is 5.11 Å². The van der Waals surface area contributed by atoms with Crippen molar-refractivity contribution >= 4 is 5.97 Å². The van der Waals surface area contributed by atoms with Crippen LogP contribution in [0.2, 0.25) is 0 Å². The summed E-state index contributed by atoms with van der Waals surface area (Å²) in [4.78, 5) is 10.5. The number of aliphatic carboxylic acids is 1. The molecule has 0 amide bonds. The number of unbranched alkanes of at least 4 members (excludes halogenated alkanes) is 4. The maximum atomic E-state index is 10.5. The van der Waals surface area contributed by atoms with Crippen molar-refractivity contribution in [1.29, 1.82) is 0 Å². The topological polar surface area (TPSA) is 98.0 Å². The van der Waals surface area contributed by atoms with Gasteiger partial charge in [0.15, 0.2) is 0 Å². The lowest BCUT2D eigenvalue weighted by Gasteiger charge is -2.29. The molecule has 27 heavy (non-hydrogen) atoms. The highest BCUT2D eigenvalue weighted by molar-refractivity contribution is 5.66. The molecule has 5 nitrogen and oxygen atoms in total. The first-order chi connectivity index (χ1) is 12.7. The molecule has 1 unspecified atom stereocenters. The quantitative estimate of drug-likeness (QED) is 0.285. The molecular formula is C22H40O5. The molecule has 5 atom stereocenters. The van der Waals surface area contributed by atoms with E-state index in [0.717, 1.165) is 44.9 Å². The molecule has 0 aliphatic heterocycles. The number of aliphatic hydroxyl groups is 3. The van der Waals surface area contributed by atoms with Gasteiger partial charge in [-0.05, 0) is 30.6 Å². The van der Waals surface area contributed by atoms with Crippen LogP contribution in [0.4, 0.5) is 0 Å². The lowest BCUT2D eigenvalue weighted by atomic mass is 9.80. The van der Waals surface area contributed by atoms with Gasteiger partial charge >= 0.3 is 5.97 Å². The molecule has 5 heteroatoms. The van der Waals surface area contributed by atoms with E-state index in [9.17, 15) is 20.1 Å². The van der Waals surface area contributed by atoms with Crippen molar-refractivity contribution in [1.82, 2.24) is 0 Å². The minimum atomic E-state index is -0.755. The van der Waals surface area contributed by atoms with Crippen molar-refractivity contribution < 1.29 is 25.2 Å². The number of rotatable bonds is 13. The average molecular weight is 385 g/mol. The van der Waals surface area contributed by atoms with E-state index in [-0.39, 0.29) is 23.7 Å². The average Bonchev–Trinajstić information content (AvgIpc) is 2.86. The van der Waals surface area contributed by atoms with Crippen molar-refractivity contribution in [3.05, 3.63) is 12.2 Å². The number of carbonyl (C=O) groups is 1. The van der Waals surface area contributed by atoms with Gasteiger partial charge < -0.3 is 20.4 Å². The SMILES string of the molecule is CCCCC(C)(C)C(O)/C=C/[C@@H]1[C@@H](CCCCCCC(=O)O)[C@@H](O)C[C@H]1O.